The first kappa shape index (κ1) is 16.9. The van der Waals surface area contributed by atoms with Crippen molar-refractivity contribution in [3.05, 3.63) is 0 Å². The summed E-state index contributed by atoms with van der Waals surface area (Å²) in [5, 5.41) is 0. The van der Waals surface area contributed by atoms with Gasteiger partial charge in [0.05, 0.1) is 0 Å². The van der Waals surface area contributed by atoms with Crippen LogP contribution in [-0.4, -0.2) is 75.6 Å². The van der Waals surface area contributed by atoms with Crippen molar-refractivity contribution < 1.29 is 0 Å². The molecule has 0 aliphatic heterocycles. The van der Waals surface area contributed by atoms with E-state index in [2.05, 4.69) is 49.8 Å². The SMILES string of the molecule is CCCCN(CCCN(C)C)CCCN(C)C. The second-order valence-electron chi connectivity index (χ2n) is 5.51. The molecule has 0 bridgehead atoms. The van der Waals surface area contributed by atoms with Crippen molar-refractivity contribution in [2.75, 3.05) is 60.9 Å². The van der Waals surface area contributed by atoms with Crippen LogP contribution in [0.2, 0.25) is 0 Å². The van der Waals surface area contributed by atoms with E-state index in [0.717, 1.165) is 0 Å². The van der Waals surface area contributed by atoms with Gasteiger partial charge in [-0.05, 0) is 80.2 Å². The Hall–Kier alpha value is -0.120. The van der Waals surface area contributed by atoms with E-state index < -0.39 is 0 Å². The van der Waals surface area contributed by atoms with Crippen LogP contribution in [0.5, 0.6) is 0 Å². The summed E-state index contributed by atoms with van der Waals surface area (Å²) in [5.41, 5.74) is 0. The maximum absolute atomic E-state index is 2.64. The summed E-state index contributed by atoms with van der Waals surface area (Å²) in [6.07, 6.45) is 5.22. The molecule has 0 aliphatic rings. The van der Waals surface area contributed by atoms with Crippen LogP contribution in [0.3, 0.4) is 0 Å². The molecule has 0 aliphatic carbocycles. The molecule has 0 radical (unpaired) electrons. The van der Waals surface area contributed by atoms with E-state index in [1.54, 1.807) is 0 Å². The summed E-state index contributed by atoms with van der Waals surface area (Å²) in [5.74, 6) is 0. The fraction of sp³-hybridized carbons (Fsp3) is 1.00. The largest absolute Gasteiger partial charge is 0.309 e. The maximum Gasteiger partial charge on any atom is -0.000654 e. The molecular formula is C14H33N3. The van der Waals surface area contributed by atoms with Gasteiger partial charge < -0.3 is 14.7 Å². The number of rotatable bonds is 11. The molecule has 0 N–H and O–H groups in total. The summed E-state index contributed by atoms with van der Waals surface area (Å²) < 4.78 is 0. The van der Waals surface area contributed by atoms with Crippen LogP contribution in [0, 0.1) is 0 Å². The number of unbranched alkanes of at least 4 members (excludes halogenated alkanes) is 1. The highest BCUT2D eigenvalue weighted by Crippen LogP contribution is 2.00. The van der Waals surface area contributed by atoms with Crippen molar-refractivity contribution in [1.82, 2.24) is 14.7 Å². The Balaban J connectivity index is 3.71. The molecule has 0 rings (SSSR count). The van der Waals surface area contributed by atoms with Crippen LogP contribution in [0.15, 0.2) is 0 Å². The Morgan fingerprint density at radius 2 is 1.00 bits per heavy atom. The van der Waals surface area contributed by atoms with E-state index in [-0.39, 0.29) is 0 Å². The standard InChI is InChI=1S/C14H33N3/c1-6-7-12-17(13-8-10-15(2)3)14-9-11-16(4)5/h6-14H2,1-5H3. The molecule has 0 atom stereocenters. The molecule has 0 saturated heterocycles. The van der Waals surface area contributed by atoms with Crippen molar-refractivity contribution in [2.45, 2.75) is 32.6 Å². The van der Waals surface area contributed by atoms with Gasteiger partial charge in [-0.2, -0.15) is 0 Å². The first-order chi connectivity index (χ1) is 8.06. The van der Waals surface area contributed by atoms with Gasteiger partial charge >= 0.3 is 0 Å². The molecule has 0 heterocycles. The Labute approximate surface area is 109 Å². The molecule has 0 aromatic heterocycles. The van der Waals surface area contributed by atoms with Gasteiger partial charge in [0, 0.05) is 0 Å². The highest BCUT2D eigenvalue weighted by atomic mass is 15.1. The van der Waals surface area contributed by atoms with Crippen molar-refractivity contribution in [3.8, 4) is 0 Å². The number of hydrogen-bond donors (Lipinski definition) is 0. The summed E-state index contributed by atoms with van der Waals surface area (Å²) in [7, 11) is 8.62. The third-order valence-corrected chi connectivity index (χ3v) is 2.99. The monoisotopic (exact) mass is 243 g/mol. The summed E-state index contributed by atoms with van der Waals surface area (Å²) in [4.78, 5) is 7.19. The van der Waals surface area contributed by atoms with Gasteiger partial charge in [-0.15, -0.1) is 0 Å². The minimum absolute atomic E-state index is 1.20. The van der Waals surface area contributed by atoms with Gasteiger partial charge in [-0.3, -0.25) is 0 Å². The Morgan fingerprint density at radius 1 is 0.588 bits per heavy atom. The number of nitrogens with zero attached hydrogens (tertiary/aromatic N) is 3. The molecular weight excluding hydrogens is 210 g/mol. The van der Waals surface area contributed by atoms with Crippen molar-refractivity contribution in [3.63, 3.8) is 0 Å². The number of hydrogen-bond acceptors (Lipinski definition) is 3. The molecule has 0 saturated carbocycles. The second-order valence-corrected chi connectivity index (χ2v) is 5.51. The van der Waals surface area contributed by atoms with Crippen LogP contribution >= 0.6 is 0 Å². The van der Waals surface area contributed by atoms with Crippen molar-refractivity contribution >= 4 is 0 Å². The molecule has 0 spiro atoms. The molecule has 0 unspecified atom stereocenters. The van der Waals surface area contributed by atoms with Crippen LogP contribution in [0.1, 0.15) is 32.6 Å². The third-order valence-electron chi connectivity index (χ3n) is 2.99. The fourth-order valence-corrected chi connectivity index (χ4v) is 1.94. The lowest BCUT2D eigenvalue weighted by molar-refractivity contribution is 0.238. The lowest BCUT2D eigenvalue weighted by Gasteiger charge is -2.23. The molecule has 3 nitrogen and oxygen atoms in total. The molecule has 0 fully saturated rings. The van der Waals surface area contributed by atoms with Crippen LogP contribution in [-0.2, 0) is 0 Å². The highest BCUT2D eigenvalue weighted by Gasteiger charge is 2.04. The quantitative estimate of drug-likeness (QED) is 0.549. The smallest absolute Gasteiger partial charge is 0.000654 e. The van der Waals surface area contributed by atoms with E-state index in [4.69, 9.17) is 0 Å². The zero-order chi connectivity index (χ0) is 13.1. The Kier molecular flexibility index (Phi) is 10.9. The molecule has 104 valence electrons. The minimum atomic E-state index is 1.20. The van der Waals surface area contributed by atoms with Gasteiger partial charge in [0.1, 0.15) is 0 Å². The van der Waals surface area contributed by atoms with Gasteiger partial charge in [-0.25, -0.2) is 0 Å². The summed E-state index contributed by atoms with van der Waals surface area (Å²) in [6.45, 7) is 8.47. The minimum Gasteiger partial charge on any atom is -0.309 e. The average molecular weight is 243 g/mol. The van der Waals surface area contributed by atoms with Crippen LogP contribution in [0.25, 0.3) is 0 Å². The van der Waals surface area contributed by atoms with E-state index in [1.807, 2.05) is 0 Å². The van der Waals surface area contributed by atoms with Gasteiger partial charge in [0.2, 0.25) is 0 Å². The van der Waals surface area contributed by atoms with E-state index in [1.165, 1.54) is 58.4 Å². The molecule has 3 heteroatoms. The predicted molar refractivity (Wildman–Crippen MR) is 77.7 cm³/mol. The summed E-state index contributed by atoms with van der Waals surface area (Å²) >= 11 is 0. The molecule has 0 aromatic rings. The molecule has 0 aromatic carbocycles. The first-order valence-electron chi connectivity index (χ1n) is 7.08. The van der Waals surface area contributed by atoms with Crippen molar-refractivity contribution in [1.29, 1.82) is 0 Å². The topological polar surface area (TPSA) is 9.72 Å². The summed E-state index contributed by atoms with van der Waals surface area (Å²) in [6, 6.07) is 0. The predicted octanol–water partition coefficient (Wildman–Crippen LogP) is 1.99. The van der Waals surface area contributed by atoms with E-state index in [0.29, 0.717) is 0 Å². The van der Waals surface area contributed by atoms with Crippen LogP contribution < -0.4 is 0 Å². The van der Waals surface area contributed by atoms with Gasteiger partial charge in [0.25, 0.3) is 0 Å². The average Bonchev–Trinajstić information content (AvgIpc) is 2.24. The molecule has 0 amide bonds. The van der Waals surface area contributed by atoms with Crippen LogP contribution in [0.4, 0.5) is 0 Å². The third kappa shape index (κ3) is 12.1. The Bertz CT molecular complexity index is 144. The van der Waals surface area contributed by atoms with Crippen molar-refractivity contribution in [2.24, 2.45) is 0 Å². The second kappa shape index (κ2) is 11.0. The van der Waals surface area contributed by atoms with Gasteiger partial charge in [0.15, 0.2) is 0 Å². The zero-order valence-electron chi connectivity index (χ0n) is 12.7. The molecule has 17 heavy (non-hydrogen) atoms. The fourth-order valence-electron chi connectivity index (χ4n) is 1.94. The van der Waals surface area contributed by atoms with E-state index >= 15 is 0 Å². The maximum atomic E-state index is 2.64. The zero-order valence-corrected chi connectivity index (χ0v) is 12.7. The lowest BCUT2D eigenvalue weighted by atomic mass is 10.2. The van der Waals surface area contributed by atoms with E-state index in [9.17, 15) is 0 Å². The Morgan fingerprint density at radius 3 is 1.35 bits per heavy atom. The normalized spacial score (nSPS) is 12.0. The highest BCUT2D eigenvalue weighted by molar-refractivity contribution is 4.60. The lowest BCUT2D eigenvalue weighted by Crippen LogP contribution is -2.31. The first-order valence-corrected chi connectivity index (χ1v) is 7.08. The van der Waals surface area contributed by atoms with Gasteiger partial charge in [-0.1, -0.05) is 13.3 Å².